The van der Waals surface area contributed by atoms with E-state index in [0.717, 1.165) is 5.56 Å². The number of hydrogen-bond acceptors (Lipinski definition) is 8. The molecule has 10 heteroatoms. The molecule has 4 heterocycles. The standard InChI is InChI=1S/C22H26N4O4S2/c1-13-6-5-7-25-18(13)23-19(24-11-14(2)30-15(3)12-24)16(20(25)27)10-17-21(28)26(8-9-29-4)22(31)32-17/h5-7,10,14-15H,8-9,11-12H2,1-4H3. The Morgan fingerprint density at radius 3 is 2.72 bits per heavy atom. The number of carbonyl (C=O) groups excluding carboxylic acids is 1. The van der Waals surface area contributed by atoms with E-state index in [1.165, 1.54) is 21.1 Å². The molecule has 4 rings (SSSR count). The number of ether oxygens (including phenoxy) is 2. The second kappa shape index (κ2) is 9.30. The van der Waals surface area contributed by atoms with Crippen molar-refractivity contribution < 1.29 is 14.3 Å². The highest BCUT2D eigenvalue weighted by Gasteiger charge is 2.33. The van der Waals surface area contributed by atoms with Gasteiger partial charge in [0.05, 0.1) is 35.8 Å². The minimum Gasteiger partial charge on any atom is -0.383 e. The summed E-state index contributed by atoms with van der Waals surface area (Å²) in [6.45, 7) is 7.90. The van der Waals surface area contributed by atoms with Crippen LogP contribution >= 0.6 is 24.0 Å². The van der Waals surface area contributed by atoms with Crippen molar-refractivity contribution in [1.82, 2.24) is 14.3 Å². The van der Waals surface area contributed by atoms with Crippen LogP contribution in [0, 0.1) is 6.92 Å². The summed E-state index contributed by atoms with van der Waals surface area (Å²) in [5, 5.41) is 0. The van der Waals surface area contributed by atoms with Gasteiger partial charge < -0.3 is 14.4 Å². The van der Waals surface area contributed by atoms with Gasteiger partial charge in [-0.05, 0) is 38.5 Å². The molecule has 2 aromatic heterocycles. The molecule has 32 heavy (non-hydrogen) atoms. The van der Waals surface area contributed by atoms with Gasteiger partial charge in [-0.3, -0.25) is 18.9 Å². The minimum atomic E-state index is -0.222. The molecule has 2 fully saturated rings. The van der Waals surface area contributed by atoms with Gasteiger partial charge in [-0.1, -0.05) is 30.0 Å². The van der Waals surface area contributed by atoms with Crippen molar-refractivity contribution >= 4 is 51.7 Å². The van der Waals surface area contributed by atoms with Crippen LogP contribution in [-0.4, -0.2) is 70.1 Å². The van der Waals surface area contributed by atoms with Crippen molar-refractivity contribution in [2.45, 2.75) is 33.0 Å². The van der Waals surface area contributed by atoms with Gasteiger partial charge in [-0.15, -0.1) is 0 Å². The van der Waals surface area contributed by atoms with Gasteiger partial charge in [-0.25, -0.2) is 4.98 Å². The van der Waals surface area contributed by atoms with Crippen molar-refractivity contribution in [3.63, 3.8) is 0 Å². The maximum absolute atomic E-state index is 13.6. The number of rotatable bonds is 5. The number of hydrogen-bond donors (Lipinski definition) is 0. The van der Waals surface area contributed by atoms with E-state index >= 15 is 0 Å². The number of amides is 1. The largest absolute Gasteiger partial charge is 0.383 e. The number of thiocarbonyl (C=S) groups is 1. The molecule has 2 aliphatic heterocycles. The Morgan fingerprint density at radius 1 is 1.31 bits per heavy atom. The molecule has 170 valence electrons. The van der Waals surface area contributed by atoms with E-state index in [9.17, 15) is 9.59 Å². The lowest BCUT2D eigenvalue weighted by Gasteiger charge is -2.36. The number of methoxy groups -OCH3 is 1. The van der Waals surface area contributed by atoms with Crippen molar-refractivity contribution in [3.05, 3.63) is 44.7 Å². The zero-order chi connectivity index (χ0) is 23.0. The molecule has 0 N–H and O–H groups in total. The number of fused-ring (bicyclic) bond motifs is 1. The third kappa shape index (κ3) is 4.32. The number of morpholine rings is 1. The highest BCUT2D eigenvalue weighted by molar-refractivity contribution is 8.26. The highest BCUT2D eigenvalue weighted by atomic mass is 32.2. The fourth-order valence-corrected chi connectivity index (χ4v) is 5.32. The molecule has 2 aliphatic rings. The number of carbonyl (C=O) groups is 1. The Bertz CT molecular complexity index is 1150. The molecule has 8 nitrogen and oxygen atoms in total. The fourth-order valence-electron chi connectivity index (χ4n) is 4.03. The van der Waals surface area contributed by atoms with Crippen LogP contribution in [0.25, 0.3) is 11.7 Å². The van der Waals surface area contributed by atoms with Gasteiger partial charge in [0.2, 0.25) is 0 Å². The summed E-state index contributed by atoms with van der Waals surface area (Å²) in [6, 6.07) is 3.74. The maximum Gasteiger partial charge on any atom is 0.267 e. The number of pyridine rings is 1. The van der Waals surface area contributed by atoms with Gasteiger partial charge >= 0.3 is 0 Å². The number of thioether (sulfide) groups is 1. The van der Waals surface area contributed by atoms with E-state index in [-0.39, 0.29) is 23.7 Å². The summed E-state index contributed by atoms with van der Waals surface area (Å²) in [5.74, 6) is 0.342. The molecular weight excluding hydrogens is 448 g/mol. The molecule has 2 aromatic rings. The zero-order valence-electron chi connectivity index (χ0n) is 18.5. The normalized spacial score (nSPS) is 23.1. The van der Waals surface area contributed by atoms with E-state index < -0.39 is 0 Å². The lowest BCUT2D eigenvalue weighted by atomic mass is 10.1. The Balaban J connectivity index is 1.85. The molecule has 0 aliphatic carbocycles. The summed E-state index contributed by atoms with van der Waals surface area (Å²) in [5.41, 5.74) is 1.66. The summed E-state index contributed by atoms with van der Waals surface area (Å²) < 4.78 is 12.9. The first-order valence-electron chi connectivity index (χ1n) is 10.5. The van der Waals surface area contributed by atoms with Crippen molar-refractivity contribution in [2.24, 2.45) is 0 Å². The quantitative estimate of drug-likeness (QED) is 0.483. The topological polar surface area (TPSA) is 76.4 Å². The smallest absolute Gasteiger partial charge is 0.267 e. The monoisotopic (exact) mass is 474 g/mol. The van der Waals surface area contributed by atoms with Crippen LogP contribution in [-0.2, 0) is 14.3 Å². The van der Waals surface area contributed by atoms with Crippen LogP contribution in [0.4, 0.5) is 5.82 Å². The first kappa shape index (κ1) is 22.9. The van der Waals surface area contributed by atoms with Crippen molar-refractivity contribution in [2.75, 3.05) is 38.3 Å². The maximum atomic E-state index is 13.6. The van der Waals surface area contributed by atoms with E-state index in [0.29, 0.717) is 52.5 Å². The average molecular weight is 475 g/mol. The van der Waals surface area contributed by atoms with Crippen LogP contribution in [0.3, 0.4) is 0 Å². The predicted molar refractivity (Wildman–Crippen MR) is 130 cm³/mol. The summed E-state index contributed by atoms with van der Waals surface area (Å²) in [7, 11) is 1.58. The third-order valence-corrected chi connectivity index (χ3v) is 6.83. The Kier molecular flexibility index (Phi) is 6.66. The van der Waals surface area contributed by atoms with Crippen LogP contribution in [0.5, 0.6) is 0 Å². The molecule has 2 unspecified atom stereocenters. The van der Waals surface area contributed by atoms with Crippen LogP contribution < -0.4 is 10.5 Å². The Labute approximate surface area is 196 Å². The number of aromatic nitrogens is 2. The molecule has 0 aromatic carbocycles. The average Bonchev–Trinajstić information content (AvgIpc) is 3.00. The van der Waals surface area contributed by atoms with Gasteiger partial charge in [0.25, 0.3) is 11.5 Å². The molecule has 0 saturated carbocycles. The molecule has 0 spiro atoms. The third-order valence-electron chi connectivity index (χ3n) is 5.45. The first-order valence-corrected chi connectivity index (χ1v) is 11.7. The molecule has 2 saturated heterocycles. The van der Waals surface area contributed by atoms with Crippen molar-refractivity contribution in [3.8, 4) is 0 Å². The van der Waals surface area contributed by atoms with Gasteiger partial charge in [0.15, 0.2) is 0 Å². The second-order valence-electron chi connectivity index (χ2n) is 8.03. The van der Waals surface area contributed by atoms with E-state index in [4.69, 9.17) is 26.7 Å². The summed E-state index contributed by atoms with van der Waals surface area (Å²) in [4.78, 5) is 35.4. The van der Waals surface area contributed by atoms with Crippen LogP contribution in [0.2, 0.25) is 0 Å². The SMILES string of the molecule is COCCN1C(=O)C(=Cc2c(N3CC(C)OC(C)C3)nc3c(C)cccn3c2=O)SC1=S. The van der Waals surface area contributed by atoms with E-state index in [2.05, 4.69) is 4.90 Å². The fraction of sp³-hybridized carbons (Fsp3) is 0.455. The molecule has 1 amide bonds. The van der Waals surface area contributed by atoms with E-state index in [1.807, 2.05) is 32.9 Å². The predicted octanol–water partition coefficient (Wildman–Crippen LogP) is 2.46. The molecule has 2 atom stereocenters. The number of aryl methyl sites for hydroxylation is 1. The number of anilines is 1. The summed E-state index contributed by atoms with van der Waals surface area (Å²) >= 11 is 6.58. The van der Waals surface area contributed by atoms with Crippen LogP contribution in [0.15, 0.2) is 28.0 Å². The lowest BCUT2D eigenvalue weighted by molar-refractivity contribution is -0.122. The van der Waals surface area contributed by atoms with E-state index in [1.54, 1.807) is 19.4 Å². The summed E-state index contributed by atoms with van der Waals surface area (Å²) in [6.07, 6.45) is 3.33. The van der Waals surface area contributed by atoms with Crippen molar-refractivity contribution in [1.29, 1.82) is 0 Å². The molecule has 0 bridgehead atoms. The molecule has 0 radical (unpaired) electrons. The highest BCUT2D eigenvalue weighted by Crippen LogP contribution is 2.33. The van der Waals surface area contributed by atoms with Gasteiger partial charge in [0.1, 0.15) is 15.8 Å². The van der Waals surface area contributed by atoms with Gasteiger partial charge in [0, 0.05) is 26.4 Å². The van der Waals surface area contributed by atoms with Gasteiger partial charge in [-0.2, -0.15) is 0 Å². The lowest BCUT2D eigenvalue weighted by Crippen LogP contribution is -2.46. The number of nitrogens with zero attached hydrogens (tertiary/aromatic N) is 4. The Morgan fingerprint density at radius 2 is 2.03 bits per heavy atom. The van der Waals surface area contributed by atoms with Crippen LogP contribution in [0.1, 0.15) is 25.0 Å². The second-order valence-corrected chi connectivity index (χ2v) is 9.70. The Hall–Kier alpha value is -2.27. The minimum absolute atomic E-state index is 0.00373. The first-order chi connectivity index (χ1) is 15.3. The zero-order valence-corrected chi connectivity index (χ0v) is 20.2. The molecular formula is C22H26N4O4S2.